The Morgan fingerprint density at radius 2 is 2.19 bits per heavy atom. The summed E-state index contributed by atoms with van der Waals surface area (Å²) in [5.41, 5.74) is 6.03. The van der Waals surface area contributed by atoms with Gasteiger partial charge in [0.25, 0.3) is 5.91 Å². The first-order valence-electron chi connectivity index (χ1n) is 5.19. The molecule has 0 aromatic carbocycles. The van der Waals surface area contributed by atoms with E-state index >= 15 is 0 Å². The van der Waals surface area contributed by atoms with Crippen LogP contribution in [0.15, 0.2) is 12.1 Å². The molecule has 16 heavy (non-hydrogen) atoms. The molecule has 1 aromatic rings. The maximum Gasteiger partial charge on any atom is 0.254 e. The number of halogens is 1. The fourth-order valence-electron chi connectivity index (χ4n) is 1.55. The Bertz CT molecular complexity index is 373. The van der Waals surface area contributed by atoms with Gasteiger partial charge in [0.15, 0.2) is 0 Å². The maximum absolute atomic E-state index is 12.1. The number of amides is 1. The summed E-state index contributed by atoms with van der Waals surface area (Å²) >= 11 is 5.76. The van der Waals surface area contributed by atoms with Gasteiger partial charge in [0, 0.05) is 18.2 Å². The highest BCUT2D eigenvalue weighted by molar-refractivity contribution is 6.29. The van der Waals surface area contributed by atoms with Gasteiger partial charge in [-0.05, 0) is 32.9 Å². The fraction of sp³-hybridized carbons (Fsp3) is 0.455. The van der Waals surface area contributed by atoms with Gasteiger partial charge in [-0.15, -0.1) is 0 Å². The molecular formula is C11H16ClN3O. The molecule has 0 atom stereocenters. The molecule has 0 fully saturated rings. The van der Waals surface area contributed by atoms with Gasteiger partial charge in [-0.25, -0.2) is 4.98 Å². The van der Waals surface area contributed by atoms with Crippen LogP contribution in [0.5, 0.6) is 0 Å². The second-order valence-electron chi connectivity index (χ2n) is 3.79. The summed E-state index contributed by atoms with van der Waals surface area (Å²) in [5, 5.41) is 0.239. The van der Waals surface area contributed by atoms with E-state index in [2.05, 4.69) is 4.98 Å². The van der Waals surface area contributed by atoms with Crippen molar-refractivity contribution in [3.8, 4) is 0 Å². The van der Waals surface area contributed by atoms with Crippen molar-refractivity contribution < 1.29 is 4.79 Å². The molecule has 88 valence electrons. The molecular weight excluding hydrogens is 226 g/mol. The maximum atomic E-state index is 12.1. The third kappa shape index (κ3) is 2.85. The van der Waals surface area contributed by atoms with Crippen LogP contribution >= 0.6 is 11.6 Å². The zero-order valence-corrected chi connectivity index (χ0v) is 10.5. The van der Waals surface area contributed by atoms with Crippen molar-refractivity contribution in [2.24, 2.45) is 0 Å². The van der Waals surface area contributed by atoms with E-state index in [4.69, 9.17) is 17.3 Å². The molecule has 0 unspecified atom stereocenters. The number of nitrogens with zero attached hydrogens (tertiary/aromatic N) is 2. The number of nitrogen functional groups attached to an aromatic ring is 1. The van der Waals surface area contributed by atoms with Crippen LogP contribution in [-0.2, 0) is 0 Å². The standard InChI is InChI=1S/C11H16ClN3O/c1-4-15(7(2)3)11(16)8-5-9(12)14-10(13)6-8/h5-7H,4H2,1-3H3,(H2,13,14). The number of anilines is 1. The van der Waals surface area contributed by atoms with E-state index in [1.807, 2.05) is 20.8 Å². The van der Waals surface area contributed by atoms with E-state index in [9.17, 15) is 4.79 Å². The second kappa shape index (κ2) is 5.16. The average Bonchev–Trinajstić information content (AvgIpc) is 2.16. The highest BCUT2D eigenvalue weighted by Gasteiger charge is 2.17. The van der Waals surface area contributed by atoms with Gasteiger partial charge in [-0.2, -0.15) is 0 Å². The van der Waals surface area contributed by atoms with E-state index in [0.717, 1.165) is 0 Å². The molecule has 5 heteroatoms. The van der Waals surface area contributed by atoms with E-state index in [0.29, 0.717) is 12.1 Å². The molecule has 0 radical (unpaired) electrons. The SMILES string of the molecule is CCN(C(=O)c1cc(N)nc(Cl)c1)C(C)C. The molecule has 0 spiro atoms. The van der Waals surface area contributed by atoms with Crippen LogP contribution in [0.1, 0.15) is 31.1 Å². The lowest BCUT2D eigenvalue weighted by molar-refractivity contribution is 0.0717. The second-order valence-corrected chi connectivity index (χ2v) is 4.18. The summed E-state index contributed by atoms with van der Waals surface area (Å²) in [6.07, 6.45) is 0. The van der Waals surface area contributed by atoms with Crippen molar-refractivity contribution in [1.29, 1.82) is 0 Å². The van der Waals surface area contributed by atoms with E-state index in [1.165, 1.54) is 6.07 Å². The largest absolute Gasteiger partial charge is 0.384 e. The summed E-state index contributed by atoms with van der Waals surface area (Å²) in [7, 11) is 0. The molecule has 1 amide bonds. The molecule has 0 saturated carbocycles. The highest BCUT2D eigenvalue weighted by atomic mass is 35.5. The van der Waals surface area contributed by atoms with Gasteiger partial charge in [0.2, 0.25) is 0 Å². The van der Waals surface area contributed by atoms with Gasteiger partial charge >= 0.3 is 0 Å². The smallest absolute Gasteiger partial charge is 0.254 e. The fourth-order valence-corrected chi connectivity index (χ4v) is 1.76. The van der Waals surface area contributed by atoms with Crippen molar-refractivity contribution in [2.75, 3.05) is 12.3 Å². The normalized spacial score (nSPS) is 10.6. The molecule has 1 rings (SSSR count). The van der Waals surface area contributed by atoms with Gasteiger partial charge in [0.1, 0.15) is 11.0 Å². The van der Waals surface area contributed by atoms with E-state index < -0.39 is 0 Å². The summed E-state index contributed by atoms with van der Waals surface area (Å²) in [6, 6.07) is 3.22. The van der Waals surface area contributed by atoms with Crippen LogP contribution in [0, 0.1) is 0 Å². The molecule has 4 nitrogen and oxygen atoms in total. The van der Waals surface area contributed by atoms with Gasteiger partial charge in [-0.3, -0.25) is 4.79 Å². The lowest BCUT2D eigenvalue weighted by Crippen LogP contribution is -2.36. The van der Waals surface area contributed by atoms with Crippen LogP contribution in [0.3, 0.4) is 0 Å². The Morgan fingerprint density at radius 1 is 1.56 bits per heavy atom. The minimum atomic E-state index is -0.0755. The number of aromatic nitrogens is 1. The highest BCUT2D eigenvalue weighted by Crippen LogP contribution is 2.15. The molecule has 0 aliphatic carbocycles. The molecule has 0 bridgehead atoms. The Hall–Kier alpha value is -1.29. The summed E-state index contributed by atoms with van der Waals surface area (Å²) in [6.45, 7) is 6.52. The number of rotatable bonds is 3. The average molecular weight is 242 g/mol. The first-order chi connectivity index (χ1) is 7.45. The zero-order valence-electron chi connectivity index (χ0n) is 9.70. The first-order valence-corrected chi connectivity index (χ1v) is 5.57. The Labute approximate surface area is 100 Å². The first kappa shape index (κ1) is 12.8. The number of hydrogen-bond donors (Lipinski definition) is 1. The summed E-state index contributed by atoms with van der Waals surface area (Å²) in [4.78, 5) is 17.7. The lowest BCUT2D eigenvalue weighted by Gasteiger charge is -2.25. The van der Waals surface area contributed by atoms with Crippen molar-refractivity contribution in [2.45, 2.75) is 26.8 Å². The quantitative estimate of drug-likeness (QED) is 0.826. The van der Waals surface area contributed by atoms with Crippen LogP contribution in [0.25, 0.3) is 0 Å². The van der Waals surface area contributed by atoms with E-state index in [-0.39, 0.29) is 22.9 Å². The number of nitrogens with two attached hydrogens (primary N) is 1. The number of hydrogen-bond acceptors (Lipinski definition) is 3. The number of pyridine rings is 1. The van der Waals surface area contributed by atoms with Crippen molar-refractivity contribution in [3.05, 3.63) is 22.8 Å². The molecule has 1 aromatic heterocycles. The van der Waals surface area contributed by atoms with Gasteiger partial charge in [-0.1, -0.05) is 11.6 Å². The number of carbonyl (C=O) groups is 1. The monoisotopic (exact) mass is 241 g/mol. The Morgan fingerprint density at radius 3 is 2.62 bits per heavy atom. The van der Waals surface area contributed by atoms with E-state index in [1.54, 1.807) is 11.0 Å². The Kier molecular flexibility index (Phi) is 4.12. The third-order valence-corrected chi connectivity index (χ3v) is 2.48. The summed E-state index contributed by atoms with van der Waals surface area (Å²) in [5.74, 6) is 0.184. The topological polar surface area (TPSA) is 59.2 Å². The molecule has 0 aliphatic heterocycles. The predicted molar refractivity (Wildman–Crippen MR) is 65.5 cm³/mol. The van der Waals surface area contributed by atoms with Gasteiger partial charge < -0.3 is 10.6 Å². The summed E-state index contributed by atoms with van der Waals surface area (Å²) < 4.78 is 0. The molecule has 0 aliphatic rings. The van der Waals surface area contributed by atoms with Crippen LogP contribution in [0.4, 0.5) is 5.82 Å². The minimum absolute atomic E-state index is 0.0755. The Balaban J connectivity index is 3.03. The van der Waals surface area contributed by atoms with Crippen LogP contribution in [0.2, 0.25) is 5.15 Å². The van der Waals surface area contributed by atoms with Crippen molar-refractivity contribution >= 4 is 23.3 Å². The third-order valence-electron chi connectivity index (χ3n) is 2.29. The molecule has 2 N–H and O–H groups in total. The van der Waals surface area contributed by atoms with Gasteiger partial charge in [0.05, 0.1) is 0 Å². The zero-order chi connectivity index (χ0) is 12.3. The van der Waals surface area contributed by atoms with Crippen LogP contribution < -0.4 is 5.73 Å². The van der Waals surface area contributed by atoms with Crippen LogP contribution in [-0.4, -0.2) is 28.4 Å². The van der Waals surface area contributed by atoms with Crippen molar-refractivity contribution in [1.82, 2.24) is 9.88 Å². The lowest BCUT2D eigenvalue weighted by atomic mass is 10.2. The molecule has 1 heterocycles. The van der Waals surface area contributed by atoms with Crippen molar-refractivity contribution in [3.63, 3.8) is 0 Å². The predicted octanol–water partition coefficient (Wildman–Crippen LogP) is 2.19. The number of carbonyl (C=O) groups excluding carboxylic acids is 1. The molecule has 0 saturated heterocycles. The minimum Gasteiger partial charge on any atom is -0.384 e.